The van der Waals surface area contributed by atoms with Gasteiger partial charge in [-0.05, 0) is 82.2 Å². The highest BCUT2D eigenvalue weighted by Gasteiger charge is 2.47. The average Bonchev–Trinajstić information content (AvgIpc) is 3.83. The molecule has 4 saturated heterocycles. The normalized spacial score (nSPS) is 28.2. The van der Waals surface area contributed by atoms with E-state index in [-0.39, 0.29) is 63.6 Å². The lowest BCUT2D eigenvalue weighted by Crippen LogP contribution is -2.64. The molecule has 9 unspecified atom stereocenters. The summed E-state index contributed by atoms with van der Waals surface area (Å²) in [6, 6.07) is 2.39. The molecular formula is C40H51F2N7O9. The zero-order chi connectivity index (χ0) is 41.8. The topological polar surface area (TPSA) is 199 Å². The van der Waals surface area contributed by atoms with E-state index in [1.807, 2.05) is 13.8 Å². The van der Waals surface area contributed by atoms with Crippen molar-refractivity contribution in [3.8, 4) is 0 Å². The smallest absolute Gasteiger partial charge is 0.329 e. The van der Waals surface area contributed by atoms with Crippen LogP contribution in [0.25, 0.3) is 0 Å². The van der Waals surface area contributed by atoms with Crippen LogP contribution >= 0.6 is 0 Å². The van der Waals surface area contributed by atoms with Crippen LogP contribution in [0.4, 0.5) is 14.5 Å². The zero-order valence-corrected chi connectivity index (χ0v) is 32.9. The second-order valence-corrected chi connectivity index (χ2v) is 15.6. The van der Waals surface area contributed by atoms with Crippen LogP contribution in [-0.4, -0.2) is 137 Å². The molecule has 5 N–H and O–H groups in total. The Balaban J connectivity index is 1.34. The number of cyclic esters (lactones) is 1. The molecule has 314 valence electrons. The van der Waals surface area contributed by atoms with Gasteiger partial charge >= 0.3 is 5.97 Å². The number of carbonyl (C=O) groups excluding carboxylic acids is 6. The van der Waals surface area contributed by atoms with Crippen molar-refractivity contribution in [2.45, 2.75) is 102 Å². The number of ether oxygens (including phenoxy) is 2. The van der Waals surface area contributed by atoms with E-state index in [2.05, 4.69) is 21.3 Å². The van der Waals surface area contributed by atoms with Gasteiger partial charge in [0.1, 0.15) is 47.9 Å². The number of fused-ring (bicyclic) bond motifs is 3. The van der Waals surface area contributed by atoms with Crippen LogP contribution in [0.2, 0.25) is 0 Å². The van der Waals surface area contributed by atoms with E-state index in [4.69, 9.17) is 9.47 Å². The van der Waals surface area contributed by atoms with Crippen molar-refractivity contribution in [1.82, 2.24) is 30.7 Å². The SMILES string of the molecule is Cc1ccc(NC(O)NC(Cc2cc(F)cc(F)c2)C(=O)NC2C(=O)N3CCCC3C(=O)N3CCOCC3C(=O)NC(C)C(=O)N3CC(C)CC3C(=O)OC2C)cc1. The number of anilines is 1. The maximum atomic E-state index is 14.7. The zero-order valence-electron chi connectivity index (χ0n) is 32.9. The van der Waals surface area contributed by atoms with E-state index >= 15 is 0 Å². The van der Waals surface area contributed by atoms with Gasteiger partial charge in [-0.2, -0.15) is 0 Å². The van der Waals surface area contributed by atoms with Gasteiger partial charge in [-0.1, -0.05) is 24.6 Å². The maximum Gasteiger partial charge on any atom is 0.329 e. The summed E-state index contributed by atoms with van der Waals surface area (Å²) >= 11 is 0. The van der Waals surface area contributed by atoms with E-state index in [0.29, 0.717) is 18.2 Å². The number of nitrogens with zero attached hydrogens (tertiary/aromatic N) is 3. The third-order valence-electron chi connectivity index (χ3n) is 11.1. The number of esters is 1. The summed E-state index contributed by atoms with van der Waals surface area (Å²) in [4.78, 5) is 88.5. The summed E-state index contributed by atoms with van der Waals surface area (Å²) in [6.45, 7) is 6.96. The van der Waals surface area contributed by atoms with Crippen LogP contribution in [0.15, 0.2) is 42.5 Å². The third kappa shape index (κ3) is 9.73. The first kappa shape index (κ1) is 42.4. The van der Waals surface area contributed by atoms with Crippen molar-refractivity contribution in [1.29, 1.82) is 0 Å². The van der Waals surface area contributed by atoms with Gasteiger partial charge in [-0.15, -0.1) is 0 Å². The van der Waals surface area contributed by atoms with Crippen molar-refractivity contribution < 1.29 is 52.1 Å². The summed E-state index contributed by atoms with van der Waals surface area (Å²) in [5.41, 5.74) is 1.50. The van der Waals surface area contributed by atoms with E-state index in [0.717, 1.165) is 17.7 Å². The van der Waals surface area contributed by atoms with E-state index in [1.54, 1.807) is 24.3 Å². The van der Waals surface area contributed by atoms with E-state index in [9.17, 15) is 42.7 Å². The van der Waals surface area contributed by atoms with Gasteiger partial charge in [-0.25, -0.2) is 13.6 Å². The summed E-state index contributed by atoms with van der Waals surface area (Å²) in [6.07, 6.45) is -2.42. The molecule has 2 aromatic rings. The monoisotopic (exact) mass is 811 g/mol. The number of carbonyl (C=O) groups is 6. The molecule has 0 bridgehead atoms. The lowest BCUT2D eigenvalue weighted by molar-refractivity contribution is -0.164. The fourth-order valence-corrected chi connectivity index (χ4v) is 8.07. The Morgan fingerprint density at radius 2 is 1.60 bits per heavy atom. The van der Waals surface area contributed by atoms with Gasteiger partial charge in [0, 0.05) is 31.4 Å². The van der Waals surface area contributed by atoms with Crippen molar-refractivity contribution in [2.24, 2.45) is 5.92 Å². The molecule has 0 spiro atoms. The first-order valence-electron chi connectivity index (χ1n) is 19.6. The first-order valence-corrected chi connectivity index (χ1v) is 19.6. The van der Waals surface area contributed by atoms with Gasteiger partial charge in [0.25, 0.3) is 0 Å². The minimum Gasteiger partial charge on any atom is -0.458 e. The second kappa shape index (κ2) is 18.2. The Bertz CT molecular complexity index is 1870. The van der Waals surface area contributed by atoms with Crippen LogP contribution in [-0.2, 0) is 44.7 Å². The quantitative estimate of drug-likeness (QED) is 0.184. The summed E-state index contributed by atoms with van der Waals surface area (Å²) in [5, 5.41) is 21.9. The number of hydrogen-bond acceptors (Lipinski definition) is 11. The van der Waals surface area contributed by atoms with Crippen molar-refractivity contribution in [3.05, 3.63) is 65.2 Å². The third-order valence-corrected chi connectivity index (χ3v) is 11.1. The molecule has 0 saturated carbocycles. The molecule has 4 heterocycles. The second-order valence-electron chi connectivity index (χ2n) is 15.6. The Hall–Kier alpha value is -5.20. The van der Waals surface area contributed by atoms with Crippen LogP contribution in [0, 0.1) is 24.5 Å². The number of rotatable bonds is 8. The van der Waals surface area contributed by atoms with Crippen molar-refractivity contribution in [3.63, 3.8) is 0 Å². The van der Waals surface area contributed by atoms with Gasteiger partial charge < -0.3 is 45.2 Å². The highest BCUT2D eigenvalue weighted by atomic mass is 19.1. The number of hydrogen-bond donors (Lipinski definition) is 5. The maximum absolute atomic E-state index is 14.7. The largest absolute Gasteiger partial charge is 0.458 e. The fraction of sp³-hybridized carbons (Fsp3) is 0.550. The molecule has 0 aromatic heterocycles. The lowest BCUT2D eigenvalue weighted by atomic mass is 10.0. The molecule has 2 aromatic carbocycles. The molecule has 6 rings (SSSR count). The minimum atomic E-state index is -1.61. The number of aliphatic hydroxyl groups is 1. The van der Waals surface area contributed by atoms with E-state index in [1.165, 1.54) is 28.5 Å². The molecule has 9 atom stereocenters. The summed E-state index contributed by atoms with van der Waals surface area (Å²) < 4.78 is 40.1. The molecule has 4 fully saturated rings. The molecule has 4 aliphatic heterocycles. The average molecular weight is 812 g/mol. The Morgan fingerprint density at radius 1 is 0.914 bits per heavy atom. The molecule has 16 nitrogen and oxygen atoms in total. The fourth-order valence-electron chi connectivity index (χ4n) is 8.07. The molecule has 58 heavy (non-hydrogen) atoms. The van der Waals surface area contributed by atoms with Gasteiger partial charge in [0.15, 0.2) is 6.35 Å². The predicted octanol–water partition coefficient (Wildman–Crippen LogP) is 0.552. The minimum absolute atomic E-state index is 0.0463. The molecule has 0 radical (unpaired) electrons. The number of aryl methyl sites for hydroxylation is 1. The molecular weight excluding hydrogens is 760 g/mol. The number of aliphatic hydroxyl groups excluding tert-OH is 1. The van der Waals surface area contributed by atoms with Crippen LogP contribution in [0.1, 0.15) is 51.2 Å². The Labute approximate surface area is 334 Å². The van der Waals surface area contributed by atoms with Gasteiger partial charge in [0.2, 0.25) is 29.5 Å². The number of nitrogens with one attached hydrogen (secondary N) is 4. The lowest BCUT2D eigenvalue weighted by Gasteiger charge is -2.39. The number of benzene rings is 2. The standard InChI is InChI=1S/C40H51F2N7O9/c1-21-7-9-28(10-8-21)44-40(56)45-29(17-25-15-26(41)18-27(42)16-25)34(50)46-33-24(4)58-39(55)31-14-22(2)19-49(31)36(52)23(3)43-35(51)32-20-57-13-12-48(32)37(53)30-6-5-11-47(30)38(33)54/h7-10,15-16,18,22-24,29-33,40,44-45,56H,5-6,11-14,17,19-20H2,1-4H3,(H,43,51)(H,46,50). The Morgan fingerprint density at radius 3 is 2.31 bits per heavy atom. The molecule has 5 amide bonds. The highest BCUT2D eigenvalue weighted by Crippen LogP contribution is 2.28. The molecule has 18 heteroatoms. The summed E-state index contributed by atoms with van der Waals surface area (Å²) in [7, 11) is 0. The number of amides is 5. The predicted molar refractivity (Wildman–Crippen MR) is 203 cm³/mol. The van der Waals surface area contributed by atoms with Crippen molar-refractivity contribution in [2.75, 3.05) is 38.2 Å². The van der Waals surface area contributed by atoms with Gasteiger partial charge in [-0.3, -0.25) is 29.3 Å². The van der Waals surface area contributed by atoms with Gasteiger partial charge in [0.05, 0.1) is 19.3 Å². The molecule has 0 aliphatic carbocycles. The highest BCUT2D eigenvalue weighted by molar-refractivity contribution is 5.97. The van der Waals surface area contributed by atoms with E-state index < -0.39 is 95.8 Å². The Kier molecular flexibility index (Phi) is 13.3. The number of morpholine rings is 1. The van der Waals surface area contributed by atoms with Crippen LogP contribution in [0.5, 0.6) is 0 Å². The molecule has 4 aliphatic rings. The number of halogens is 2. The first-order chi connectivity index (χ1) is 27.6. The van der Waals surface area contributed by atoms with Crippen molar-refractivity contribution >= 4 is 41.2 Å². The van der Waals surface area contributed by atoms with Crippen LogP contribution in [0.3, 0.4) is 0 Å². The summed E-state index contributed by atoms with van der Waals surface area (Å²) in [5.74, 6) is -6.12. The van der Waals surface area contributed by atoms with Crippen LogP contribution < -0.4 is 21.3 Å².